The Balaban J connectivity index is 0.00000289. The van der Waals surface area contributed by atoms with Crippen molar-refractivity contribution in [3.8, 4) is 0 Å². The van der Waals surface area contributed by atoms with Crippen molar-refractivity contribution in [1.29, 1.82) is 0 Å². The molecule has 5 N–H and O–H groups in total. The van der Waals surface area contributed by atoms with Crippen molar-refractivity contribution in [2.24, 2.45) is 17.4 Å². The van der Waals surface area contributed by atoms with Crippen LogP contribution in [0.1, 0.15) is 24.2 Å². The first kappa shape index (κ1) is 16.4. The average molecular weight is 272 g/mol. The molecule has 1 aromatic rings. The van der Waals surface area contributed by atoms with Crippen molar-refractivity contribution < 1.29 is 9.59 Å². The molecule has 18 heavy (non-hydrogen) atoms. The maximum absolute atomic E-state index is 11.6. The van der Waals surface area contributed by atoms with Crippen molar-refractivity contribution in [2.75, 3.05) is 5.32 Å². The minimum atomic E-state index is -0.550. The molecule has 0 fully saturated rings. The number of benzene rings is 1. The molecule has 6 heteroatoms. The highest BCUT2D eigenvalue weighted by Crippen LogP contribution is 2.10. The van der Waals surface area contributed by atoms with Crippen LogP contribution in [-0.4, -0.2) is 17.9 Å². The fourth-order valence-electron chi connectivity index (χ4n) is 1.25. The highest BCUT2D eigenvalue weighted by molar-refractivity contribution is 5.96. The molecule has 0 aliphatic rings. The van der Waals surface area contributed by atoms with E-state index in [-0.39, 0.29) is 24.2 Å². The Morgan fingerprint density at radius 2 is 1.67 bits per heavy atom. The largest absolute Gasteiger partial charge is 0.366 e. The fourth-order valence-corrected chi connectivity index (χ4v) is 1.25. The normalized spacial score (nSPS) is 11.6. The van der Waals surface area contributed by atoms with Gasteiger partial charge in [-0.2, -0.15) is 0 Å². The molecule has 0 aliphatic carbocycles. The summed E-state index contributed by atoms with van der Waals surface area (Å²) in [5.74, 6) is -0.673. The summed E-state index contributed by atoms with van der Waals surface area (Å²) in [7, 11) is 0. The molecule has 1 aromatic carbocycles. The lowest BCUT2D eigenvalue weighted by Crippen LogP contribution is -2.39. The van der Waals surface area contributed by atoms with Gasteiger partial charge in [-0.25, -0.2) is 0 Å². The number of carbonyl (C=O) groups is 2. The number of amides is 2. The Labute approximate surface area is 112 Å². The number of halogens is 1. The number of anilines is 1. The first-order chi connectivity index (χ1) is 7.91. The van der Waals surface area contributed by atoms with Crippen molar-refractivity contribution in [1.82, 2.24) is 0 Å². The minimum absolute atomic E-state index is 0. The molecule has 1 rings (SSSR count). The van der Waals surface area contributed by atoms with Gasteiger partial charge < -0.3 is 16.8 Å². The van der Waals surface area contributed by atoms with E-state index in [2.05, 4.69) is 5.32 Å². The SMILES string of the molecule is CC(C)C(N)C(=O)Nc1ccc(C(N)=O)cc1.Cl. The maximum atomic E-state index is 11.6. The summed E-state index contributed by atoms with van der Waals surface area (Å²) in [6.45, 7) is 3.75. The lowest BCUT2D eigenvalue weighted by Gasteiger charge is -2.15. The summed E-state index contributed by atoms with van der Waals surface area (Å²) in [4.78, 5) is 22.5. The van der Waals surface area contributed by atoms with Gasteiger partial charge in [0.2, 0.25) is 11.8 Å². The number of carbonyl (C=O) groups excluding carboxylic acids is 2. The van der Waals surface area contributed by atoms with Gasteiger partial charge in [-0.05, 0) is 30.2 Å². The van der Waals surface area contributed by atoms with Crippen LogP contribution in [0, 0.1) is 5.92 Å². The quantitative estimate of drug-likeness (QED) is 0.765. The van der Waals surface area contributed by atoms with Gasteiger partial charge in [-0.1, -0.05) is 13.8 Å². The van der Waals surface area contributed by atoms with Gasteiger partial charge in [0.05, 0.1) is 6.04 Å². The molecule has 1 atom stereocenters. The molecule has 0 spiro atoms. The molecule has 1 unspecified atom stereocenters. The predicted octanol–water partition coefficient (Wildman–Crippen LogP) is 1.13. The van der Waals surface area contributed by atoms with E-state index in [1.807, 2.05) is 13.8 Å². The molecule has 0 aliphatic heterocycles. The zero-order chi connectivity index (χ0) is 13.0. The summed E-state index contributed by atoms with van der Waals surface area (Å²) in [5, 5.41) is 2.67. The van der Waals surface area contributed by atoms with Gasteiger partial charge in [-0.15, -0.1) is 12.4 Å². The lowest BCUT2D eigenvalue weighted by atomic mass is 10.0. The molecule has 0 saturated heterocycles. The number of hydrogen-bond donors (Lipinski definition) is 3. The second-order valence-corrected chi connectivity index (χ2v) is 4.20. The van der Waals surface area contributed by atoms with E-state index in [0.717, 1.165) is 0 Å². The van der Waals surface area contributed by atoms with Crippen LogP contribution in [0.25, 0.3) is 0 Å². The number of primary amides is 1. The van der Waals surface area contributed by atoms with Crippen LogP contribution in [0.5, 0.6) is 0 Å². The van der Waals surface area contributed by atoms with Crippen molar-refractivity contribution >= 4 is 29.9 Å². The van der Waals surface area contributed by atoms with E-state index >= 15 is 0 Å². The third-order valence-corrected chi connectivity index (χ3v) is 2.46. The first-order valence-electron chi connectivity index (χ1n) is 5.38. The van der Waals surface area contributed by atoms with Crippen LogP contribution in [-0.2, 0) is 4.79 Å². The van der Waals surface area contributed by atoms with E-state index in [4.69, 9.17) is 11.5 Å². The van der Waals surface area contributed by atoms with E-state index in [0.29, 0.717) is 11.3 Å². The molecule has 0 aromatic heterocycles. The molecular weight excluding hydrogens is 254 g/mol. The summed E-state index contributed by atoms with van der Waals surface area (Å²) in [6.07, 6.45) is 0. The zero-order valence-corrected chi connectivity index (χ0v) is 11.2. The number of nitrogens with two attached hydrogens (primary N) is 2. The Hall–Kier alpha value is -1.59. The van der Waals surface area contributed by atoms with Gasteiger partial charge in [-0.3, -0.25) is 9.59 Å². The smallest absolute Gasteiger partial charge is 0.248 e. The topological polar surface area (TPSA) is 98.2 Å². The van der Waals surface area contributed by atoms with E-state index in [1.54, 1.807) is 24.3 Å². The Morgan fingerprint density at radius 1 is 1.17 bits per heavy atom. The van der Waals surface area contributed by atoms with Gasteiger partial charge >= 0.3 is 0 Å². The molecule has 0 heterocycles. The molecule has 0 bridgehead atoms. The van der Waals surface area contributed by atoms with E-state index < -0.39 is 11.9 Å². The van der Waals surface area contributed by atoms with Crippen LogP contribution >= 0.6 is 12.4 Å². The third-order valence-electron chi connectivity index (χ3n) is 2.46. The van der Waals surface area contributed by atoms with Crippen LogP contribution in [0.4, 0.5) is 5.69 Å². The van der Waals surface area contributed by atoms with Crippen LogP contribution in [0.15, 0.2) is 24.3 Å². The summed E-state index contributed by atoms with van der Waals surface area (Å²) in [6, 6.07) is 5.79. The highest BCUT2D eigenvalue weighted by Gasteiger charge is 2.17. The second kappa shape index (κ2) is 6.98. The standard InChI is InChI=1S/C12H17N3O2.ClH/c1-7(2)10(13)12(17)15-9-5-3-8(4-6-9)11(14)16;/h3-7,10H,13H2,1-2H3,(H2,14,16)(H,15,17);1H. The Morgan fingerprint density at radius 3 is 2.06 bits per heavy atom. The van der Waals surface area contributed by atoms with Gasteiger partial charge in [0.15, 0.2) is 0 Å². The van der Waals surface area contributed by atoms with E-state index in [9.17, 15) is 9.59 Å². The lowest BCUT2D eigenvalue weighted by molar-refractivity contribution is -0.118. The fraction of sp³-hybridized carbons (Fsp3) is 0.333. The summed E-state index contributed by atoms with van der Waals surface area (Å²) < 4.78 is 0. The van der Waals surface area contributed by atoms with Crippen LogP contribution in [0.2, 0.25) is 0 Å². The summed E-state index contributed by atoms with van der Waals surface area (Å²) in [5.41, 5.74) is 11.8. The molecule has 2 amide bonds. The molecule has 5 nitrogen and oxygen atoms in total. The van der Waals surface area contributed by atoms with Gasteiger partial charge in [0.1, 0.15) is 0 Å². The maximum Gasteiger partial charge on any atom is 0.248 e. The number of hydrogen-bond acceptors (Lipinski definition) is 3. The second-order valence-electron chi connectivity index (χ2n) is 4.20. The Bertz CT molecular complexity index is 418. The number of rotatable bonds is 4. The number of nitrogens with one attached hydrogen (secondary N) is 1. The highest BCUT2D eigenvalue weighted by atomic mass is 35.5. The van der Waals surface area contributed by atoms with Crippen molar-refractivity contribution in [3.63, 3.8) is 0 Å². The summed E-state index contributed by atoms with van der Waals surface area (Å²) >= 11 is 0. The van der Waals surface area contributed by atoms with Gasteiger partial charge in [0.25, 0.3) is 0 Å². The molecule has 0 saturated carbocycles. The molecule has 0 radical (unpaired) electrons. The predicted molar refractivity (Wildman–Crippen MR) is 73.7 cm³/mol. The van der Waals surface area contributed by atoms with E-state index in [1.165, 1.54) is 0 Å². The van der Waals surface area contributed by atoms with Crippen molar-refractivity contribution in [2.45, 2.75) is 19.9 Å². The zero-order valence-electron chi connectivity index (χ0n) is 10.3. The molecule has 100 valence electrons. The first-order valence-corrected chi connectivity index (χ1v) is 5.38. The average Bonchev–Trinajstić information content (AvgIpc) is 2.28. The van der Waals surface area contributed by atoms with Crippen LogP contribution in [0.3, 0.4) is 0 Å². The minimum Gasteiger partial charge on any atom is -0.366 e. The van der Waals surface area contributed by atoms with Gasteiger partial charge in [0, 0.05) is 11.3 Å². The molecular formula is C12H18ClN3O2. The monoisotopic (exact) mass is 271 g/mol. The Kier molecular flexibility index (Phi) is 6.36. The third kappa shape index (κ3) is 4.35. The van der Waals surface area contributed by atoms with Crippen molar-refractivity contribution in [3.05, 3.63) is 29.8 Å². The van der Waals surface area contributed by atoms with Crippen LogP contribution < -0.4 is 16.8 Å².